The summed E-state index contributed by atoms with van der Waals surface area (Å²) >= 11 is 6.11. The number of rotatable bonds is 5. The lowest BCUT2D eigenvalue weighted by atomic mass is 9.97. The van der Waals surface area contributed by atoms with Gasteiger partial charge in [0.25, 0.3) is 5.69 Å². The average molecular weight is 400 g/mol. The average Bonchev–Trinajstić information content (AvgIpc) is 2.58. The van der Waals surface area contributed by atoms with Crippen molar-refractivity contribution in [2.45, 2.75) is 25.7 Å². The second-order valence-corrected chi connectivity index (χ2v) is 6.77. The summed E-state index contributed by atoms with van der Waals surface area (Å²) in [5, 5.41) is 14.6. The summed E-state index contributed by atoms with van der Waals surface area (Å²) in [6, 6.07) is 9.88. The van der Waals surface area contributed by atoms with Gasteiger partial charge in [0.15, 0.2) is 0 Å². The molecule has 0 aliphatic carbocycles. The third-order valence-electron chi connectivity index (χ3n) is 4.49. The van der Waals surface area contributed by atoms with Crippen LogP contribution in [0.4, 0.5) is 24.5 Å². The zero-order valence-corrected chi connectivity index (χ0v) is 15.0. The van der Waals surface area contributed by atoms with Crippen LogP contribution in [0, 0.1) is 10.1 Å². The second-order valence-electron chi connectivity index (χ2n) is 6.37. The van der Waals surface area contributed by atoms with Crippen LogP contribution in [-0.2, 0) is 19.5 Å². The third-order valence-corrected chi connectivity index (χ3v) is 4.85. The molecule has 2 aromatic rings. The largest absolute Gasteiger partial charge is 0.401 e. The van der Waals surface area contributed by atoms with E-state index in [1.54, 1.807) is 18.2 Å². The number of benzene rings is 2. The predicted octanol–water partition coefficient (Wildman–Crippen LogP) is 4.78. The molecule has 0 unspecified atom stereocenters. The maximum atomic E-state index is 12.6. The Labute approximate surface area is 158 Å². The zero-order chi connectivity index (χ0) is 19.6. The van der Waals surface area contributed by atoms with Gasteiger partial charge in [-0.3, -0.25) is 15.0 Å². The van der Waals surface area contributed by atoms with E-state index in [1.807, 2.05) is 6.07 Å². The first-order chi connectivity index (χ1) is 12.7. The summed E-state index contributed by atoms with van der Waals surface area (Å²) in [4.78, 5) is 12.1. The van der Waals surface area contributed by atoms with Crippen molar-refractivity contribution in [3.63, 3.8) is 0 Å². The molecule has 9 heteroatoms. The van der Waals surface area contributed by atoms with Crippen LogP contribution >= 0.6 is 11.6 Å². The Morgan fingerprint density at radius 1 is 1.22 bits per heavy atom. The smallest absolute Gasteiger partial charge is 0.380 e. The Morgan fingerprint density at radius 3 is 2.67 bits per heavy atom. The highest BCUT2D eigenvalue weighted by Crippen LogP contribution is 2.31. The van der Waals surface area contributed by atoms with Crippen LogP contribution in [0.5, 0.6) is 0 Å². The maximum absolute atomic E-state index is 12.6. The van der Waals surface area contributed by atoms with Crippen molar-refractivity contribution >= 4 is 23.0 Å². The predicted molar refractivity (Wildman–Crippen MR) is 96.9 cm³/mol. The Hall–Kier alpha value is -2.32. The van der Waals surface area contributed by atoms with Gasteiger partial charge in [0.05, 0.1) is 22.1 Å². The molecule has 27 heavy (non-hydrogen) atoms. The summed E-state index contributed by atoms with van der Waals surface area (Å²) in [6.45, 7) is -0.261. The number of nitro benzene ring substituents is 1. The molecule has 0 spiro atoms. The van der Waals surface area contributed by atoms with Crippen LogP contribution in [0.1, 0.15) is 16.7 Å². The molecule has 5 nitrogen and oxygen atoms in total. The van der Waals surface area contributed by atoms with Gasteiger partial charge < -0.3 is 5.32 Å². The molecule has 0 fully saturated rings. The van der Waals surface area contributed by atoms with Crippen molar-refractivity contribution in [3.8, 4) is 0 Å². The number of anilines is 1. The molecule has 144 valence electrons. The fourth-order valence-electron chi connectivity index (χ4n) is 3.30. The number of nitrogens with one attached hydrogen (secondary N) is 1. The molecule has 3 rings (SSSR count). The highest BCUT2D eigenvalue weighted by atomic mass is 35.5. The van der Waals surface area contributed by atoms with Gasteiger partial charge in [-0.05, 0) is 29.7 Å². The van der Waals surface area contributed by atoms with E-state index in [-0.39, 0.29) is 23.8 Å². The number of nitrogens with zero attached hydrogens (tertiary/aromatic N) is 2. The molecule has 1 heterocycles. The fraction of sp³-hybridized carbons (Fsp3) is 0.333. The van der Waals surface area contributed by atoms with E-state index < -0.39 is 17.6 Å². The summed E-state index contributed by atoms with van der Waals surface area (Å²) in [5.74, 6) is 0. The minimum atomic E-state index is -4.23. The summed E-state index contributed by atoms with van der Waals surface area (Å²) in [5.41, 5.74) is 2.82. The molecule has 1 N–H and O–H groups in total. The maximum Gasteiger partial charge on any atom is 0.401 e. The van der Waals surface area contributed by atoms with Crippen LogP contribution in [0.3, 0.4) is 0 Å². The van der Waals surface area contributed by atoms with Crippen LogP contribution in [0.2, 0.25) is 5.02 Å². The van der Waals surface area contributed by atoms with E-state index in [0.29, 0.717) is 18.5 Å². The van der Waals surface area contributed by atoms with Gasteiger partial charge in [0.2, 0.25) is 0 Å². The number of nitro groups is 1. The Kier molecular flexibility index (Phi) is 5.57. The minimum Gasteiger partial charge on any atom is -0.380 e. The molecule has 1 aliphatic rings. The van der Waals surface area contributed by atoms with Gasteiger partial charge >= 0.3 is 6.18 Å². The summed E-state index contributed by atoms with van der Waals surface area (Å²) in [7, 11) is 0. The molecule has 0 amide bonds. The lowest BCUT2D eigenvalue weighted by Gasteiger charge is -2.30. The highest BCUT2D eigenvalue weighted by Gasteiger charge is 2.32. The Bertz CT molecular complexity index is 858. The number of hydrogen-bond donors (Lipinski definition) is 1. The summed E-state index contributed by atoms with van der Waals surface area (Å²) < 4.78 is 37.9. The molecule has 0 aromatic heterocycles. The molecule has 2 aromatic carbocycles. The minimum absolute atomic E-state index is 0.0730. The molecule has 0 bridgehead atoms. The molecular weight excluding hydrogens is 383 g/mol. The zero-order valence-electron chi connectivity index (χ0n) is 14.2. The normalized spacial score (nSPS) is 14.7. The molecular formula is C18H17ClF3N3O2. The van der Waals surface area contributed by atoms with Gasteiger partial charge in [0, 0.05) is 31.4 Å². The lowest BCUT2D eigenvalue weighted by molar-refractivity contribution is -0.385. The van der Waals surface area contributed by atoms with Crippen LogP contribution in [0.25, 0.3) is 0 Å². The van der Waals surface area contributed by atoms with Gasteiger partial charge in [0.1, 0.15) is 0 Å². The standard InChI is InChI=1S/C18H17ClF3N3O2/c19-15-4-2-6-17(25(26)27)14(15)9-23-16-5-1-3-12-10-24(8-7-13(12)16)11-18(20,21)22/h1-6,23H,7-11H2. The van der Waals surface area contributed by atoms with E-state index in [4.69, 9.17) is 11.6 Å². The third kappa shape index (κ3) is 4.70. The fourth-order valence-corrected chi connectivity index (χ4v) is 3.54. The van der Waals surface area contributed by atoms with Crippen LogP contribution in [0.15, 0.2) is 36.4 Å². The highest BCUT2D eigenvalue weighted by molar-refractivity contribution is 6.31. The number of halogens is 4. The number of hydrogen-bond acceptors (Lipinski definition) is 4. The SMILES string of the molecule is O=[N+]([O-])c1cccc(Cl)c1CNc1cccc2c1CCN(CC(F)(F)F)C2. The van der Waals surface area contributed by atoms with Crippen molar-refractivity contribution in [2.24, 2.45) is 0 Å². The Balaban J connectivity index is 1.78. The quantitative estimate of drug-likeness (QED) is 0.580. The molecule has 0 saturated carbocycles. The van der Waals surface area contributed by atoms with Gasteiger partial charge in [-0.15, -0.1) is 0 Å². The topological polar surface area (TPSA) is 58.4 Å². The van der Waals surface area contributed by atoms with E-state index in [2.05, 4.69) is 5.32 Å². The molecule has 0 saturated heterocycles. The van der Waals surface area contributed by atoms with Gasteiger partial charge in [-0.2, -0.15) is 13.2 Å². The van der Waals surface area contributed by atoms with E-state index in [9.17, 15) is 23.3 Å². The van der Waals surface area contributed by atoms with Gasteiger partial charge in [-0.1, -0.05) is 29.8 Å². The van der Waals surface area contributed by atoms with E-state index in [0.717, 1.165) is 16.8 Å². The number of alkyl halides is 3. The van der Waals surface area contributed by atoms with Crippen molar-refractivity contribution < 1.29 is 18.1 Å². The van der Waals surface area contributed by atoms with Crippen molar-refractivity contribution in [1.29, 1.82) is 0 Å². The molecule has 0 atom stereocenters. The first-order valence-electron chi connectivity index (χ1n) is 8.30. The summed E-state index contributed by atoms with van der Waals surface area (Å²) in [6.07, 6.45) is -3.75. The number of fused-ring (bicyclic) bond motifs is 1. The van der Waals surface area contributed by atoms with E-state index in [1.165, 1.54) is 17.0 Å². The van der Waals surface area contributed by atoms with Crippen molar-refractivity contribution in [2.75, 3.05) is 18.4 Å². The van der Waals surface area contributed by atoms with Crippen molar-refractivity contribution in [1.82, 2.24) is 4.90 Å². The van der Waals surface area contributed by atoms with Gasteiger partial charge in [-0.25, -0.2) is 0 Å². The molecule has 0 radical (unpaired) electrons. The first-order valence-corrected chi connectivity index (χ1v) is 8.68. The van der Waals surface area contributed by atoms with E-state index >= 15 is 0 Å². The second kappa shape index (κ2) is 7.74. The first kappa shape index (κ1) is 19.4. The lowest BCUT2D eigenvalue weighted by Crippen LogP contribution is -2.38. The Morgan fingerprint density at radius 2 is 1.96 bits per heavy atom. The monoisotopic (exact) mass is 399 g/mol. The van der Waals surface area contributed by atoms with Crippen molar-refractivity contribution in [3.05, 3.63) is 68.2 Å². The van der Waals surface area contributed by atoms with Crippen LogP contribution < -0.4 is 5.32 Å². The molecule has 1 aliphatic heterocycles. The van der Waals surface area contributed by atoms with Crippen LogP contribution in [-0.4, -0.2) is 29.1 Å².